The van der Waals surface area contributed by atoms with Gasteiger partial charge in [0.15, 0.2) is 0 Å². The number of aliphatic hydroxyl groups is 2. The highest BCUT2D eigenvalue weighted by atomic mass is 16.3. The van der Waals surface area contributed by atoms with Gasteiger partial charge in [0, 0.05) is 5.92 Å². The predicted molar refractivity (Wildman–Crippen MR) is 101 cm³/mol. The SMILES string of the molecule is C=C[C@H]([C@H](O)CC/C(=C/c1ccc(O)cc1)CCC)[C@H](O)C(C)C. The fourth-order valence-corrected chi connectivity index (χ4v) is 2.89. The summed E-state index contributed by atoms with van der Waals surface area (Å²) < 4.78 is 0. The lowest BCUT2D eigenvalue weighted by Crippen LogP contribution is -2.33. The Morgan fingerprint density at radius 2 is 1.75 bits per heavy atom. The number of allylic oxidation sites excluding steroid dienone is 1. The Kier molecular flexibility index (Phi) is 8.80. The number of aliphatic hydroxyl groups excluding tert-OH is 2. The molecule has 0 saturated heterocycles. The van der Waals surface area contributed by atoms with Gasteiger partial charge in [0.1, 0.15) is 5.75 Å². The van der Waals surface area contributed by atoms with Crippen LogP contribution >= 0.6 is 0 Å². The van der Waals surface area contributed by atoms with E-state index in [-0.39, 0.29) is 17.6 Å². The molecule has 0 saturated carbocycles. The minimum Gasteiger partial charge on any atom is -0.508 e. The normalized spacial score (nSPS) is 16.0. The third kappa shape index (κ3) is 6.50. The zero-order valence-corrected chi connectivity index (χ0v) is 15.2. The number of phenols is 1. The predicted octanol–water partition coefficient (Wildman–Crippen LogP) is 4.54. The summed E-state index contributed by atoms with van der Waals surface area (Å²) in [6, 6.07) is 7.13. The molecule has 3 atom stereocenters. The Bertz CT molecular complexity index is 516. The van der Waals surface area contributed by atoms with Crippen LogP contribution in [0.15, 0.2) is 42.5 Å². The maximum atomic E-state index is 10.5. The maximum absolute atomic E-state index is 10.5. The summed E-state index contributed by atoms with van der Waals surface area (Å²) in [5.41, 5.74) is 2.32. The van der Waals surface area contributed by atoms with Crippen molar-refractivity contribution in [3.8, 4) is 5.75 Å². The Morgan fingerprint density at radius 3 is 2.25 bits per heavy atom. The van der Waals surface area contributed by atoms with Crippen LogP contribution in [0.25, 0.3) is 6.08 Å². The molecule has 0 aliphatic carbocycles. The van der Waals surface area contributed by atoms with Crippen molar-refractivity contribution in [2.45, 2.75) is 58.7 Å². The second-order valence-electron chi connectivity index (χ2n) is 6.80. The van der Waals surface area contributed by atoms with Gasteiger partial charge in [-0.15, -0.1) is 6.58 Å². The van der Waals surface area contributed by atoms with Crippen molar-refractivity contribution in [3.63, 3.8) is 0 Å². The lowest BCUT2D eigenvalue weighted by molar-refractivity contribution is 0.00883. The van der Waals surface area contributed by atoms with Gasteiger partial charge in [-0.1, -0.05) is 57.0 Å². The van der Waals surface area contributed by atoms with Crippen molar-refractivity contribution in [3.05, 3.63) is 48.1 Å². The highest BCUT2D eigenvalue weighted by Gasteiger charge is 2.26. The Hall–Kier alpha value is -1.58. The third-order valence-electron chi connectivity index (χ3n) is 4.39. The number of hydrogen-bond acceptors (Lipinski definition) is 3. The first-order chi connectivity index (χ1) is 11.4. The van der Waals surface area contributed by atoms with Crippen LogP contribution in [0.3, 0.4) is 0 Å². The first-order valence-corrected chi connectivity index (χ1v) is 8.86. The van der Waals surface area contributed by atoms with E-state index < -0.39 is 12.2 Å². The minimum absolute atomic E-state index is 0.0882. The van der Waals surface area contributed by atoms with Crippen molar-refractivity contribution >= 4 is 6.08 Å². The number of aromatic hydroxyl groups is 1. The average molecular weight is 332 g/mol. The van der Waals surface area contributed by atoms with E-state index in [1.807, 2.05) is 26.0 Å². The molecular formula is C21H32O3. The second-order valence-corrected chi connectivity index (χ2v) is 6.80. The van der Waals surface area contributed by atoms with Gasteiger partial charge in [-0.3, -0.25) is 0 Å². The highest BCUT2D eigenvalue weighted by molar-refractivity contribution is 5.53. The Morgan fingerprint density at radius 1 is 1.12 bits per heavy atom. The summed E-state index contributed by atoms with van der Waals surface area (Å²) in [6.07, 6.45) is 6.01. The summed E-state index contributed by atoms with van der Waals surface area (Å²) in [6.45, 7) is 9.79. The Labute approximate surface area is 146 Å². The van der Waals surface area contributed by atoms with Crippen molar-refractivity contribution < 1.29 is 15.3 Å². The number of benzene rings is 1. The van der Waals surface area contributed by atoms with Gasteiger partial charge in [0.2, 0.25) is 0 Å². The first-order valence-electron chi connectivity index (χ1n) is 8.86. The van der Waals surface area contributed by atoms with E-state index >= 15 is 0 Å². The van der Waals surface area contributed by atoms with Crippen LogP contribution in [-0.2, 0) is 0 Å². The summed E-state index contributed by atoms with van der Waals surface area (Å²) in [5.74, 6) is 0.0444. The monoisotopic (exact) mass is 332 g/mol. The molecule has 0 aliphatic heterocycles. The van der Waals surface area contributed by atoms with Crippen LogP contribution in [0, 0.1) is 11.8 Å². The molecule has 0 heterocycles. The molecule has 0 aliphatic rings. The minimum atomic E-state index is -0.597. The first kappa shape index (κ1) is 20.5. The molecule has 1 aromatic rings. The van der Waals surface area contributed by atoms with E-state index in [2.05, 4.69) is 19.6 Å². The lowest BCUT2D eigenvalue weighted by Gasteiger charge is -2.27. The summed E-state index contributed by atoms with van der Waals surface area (Å²) in [4.78, 5) is 0. The van der Waals surface area contributed by atoms with Crippen LogP contribution in [0.4, 0.5) is 0 Å². The smallest absolute Gasteiger partial charge is 0.115 e. The van der Waals surface area contributed by atoms with Crippen molar-refractivity contribution in [1.82, 2.24) is 0 Å². The van der Waals surface area contributed by atoms with Crippen LogP contribution in [0.2, 0.25) is 0 Å². The highest BCUT2D eigenvalue weighted by Crippen LogP contribution is 2.24. The van der Waals surface area contributed by atoms with Gasteiger partial charge in [0.05, 0.1) is 12.2 Å². The van der Waals surface area contributed by atoms with Crippen LogP contribution < -0.4 is 0 Å². The van der Waals surface area contributed by atoms with E-state index in [0.717, 1.165) is 24.8 Å². The molecule has 0 aromatic heterocycles. The Balaban J connectivity index is 2.74. The molecule has 0 radical (unpaired) electrons. The van der Waals surface area contributed by atoms with Crippen molar-refractivity contribution in [2.24, 2.45) is 11.8 Å². The van der Waals surface area contributed by atoms with E-state index in [0.29, 0.717) is 6.42 Å². The number of phenolic OH excluding ortho intramolecular Hbond substituents is 1. The van der Waals surface area contributed by atoms with E-state index in [4.69, 9.17) is 0 Å². The molecular weight excluding hydrogens is 300 g/mol. The van der Waals surface area contributed by atoms with Crippen LogP contribution in [0.5, 0.6) is 5.75 Å². The van der Waals surface area contributed by atoms with E-state index in [1.165, 1.54) is 5.57 Å². The number of hydrogen-bond donors (Lipinski definition) is 3. The van der Waals surface area contributed by atoms with Gasteiger partial charge in [-0.25, -0.2) is 0 Å². The molecule has 1 aromatic carbocycles. The zero-order valence-electron chi connectivity index (χ0n) is 15.2. The topological polar surface area (TPSA) is 60.7 Å². The average Bonchev–Trinajstić information content (AvgIpc) is 2.55. The van der Waals surface area contributed by atoms with Crippen molar-refractivity contribution in [1.29, 1.82) is 0 Å². The molecule has 134 valence electrons. The van der Waals surface area contributed by atoms with E-state index in [9.17, 15) is 15.3 Å². The van der Waals surface area contributed by atoms with Gasteiger partial charge < -0.3 is 15.3 Å². The quantitative estimate of drug-likeness (QED) is 0.551. The summed E-state index contributed by atoms with van der Waals surface area (Å²) in [7, 11) is 0. The van der Waals surface area contributed by atoms with Gasteiger partial charge in [-0.05, 0) is 42.9 Å². The fraction of sp³-hybridized carbons (Fsp3) is 0.524. The maximum Gasteiger partial charge on any atom is 0.115 e. The molecule has 3 N–H and O–H groups in total. The number of rotatable bonds is 10. The summed E-state index contributed by atoms with van der Waals surface area (Å²) >= 11 is 0. The molecule has 3 heteroatoms. The summed E-state index contributed by atoms with van der Waals surface area (Å²) in [5, 5.41) is 30.0. The van der Waals surface area contributed by atoms with Crippen molar-refractivity contribution in [2.75, 3.05) is 0 Å². The second kappa shape index (κ2) is 10.3. The largest absolute Gasteiger partial charge is 0.508 e. The molecule has 24 heavy (non-hydrogen) atoms. The molecule has 0 spiro atoms. The van der Waals surface area contributed by atoms with E-state index in [1.54, 1.807) is 18.2 Å². The lowest BCUT2D eigenvalue weighted by atomic mass is 9.86. The molecule has 0 unspecified atom stereocenters. The van der Waals surface area contributed by atoms with Gasteiger partial charge >= 0.3 is 0 Å². The van der Waals surface area contributed by atoms with Gasteiger partial charge in [-0.2, -0.15) is 0 Å². The third-order valence-corrected chi connectivity index (χ3v) is 4.39. The molecule has 0 bridgehead atoms. The fourth-order valence-electron chi connectivity index (χ4n) is 2.89. The van der Waals surface area contributed by atoms with Gasteiger partial charge in [0.25, 0.3) is 0 Å². The molecule has 1 rings (SSSR count). The van der Waals surface area contributed by atoms with Crippen LogP contribution in [-0.4, -0.2) is 27.5 Å². The van der Waals surface area contributed by atoms with Crippen LogP contribution in [0.1, 0.15) is 52.0 Å². The molecule has 0 fully saturated rings. The standard InChI is InChI=1S/C21H32O3/c1-5-7-16(14-17-8-11-18(22)12-9-17)10-13-20(23)19(6-2)21(24)15(3)4/h6,8-9,11-12,14-15,19-24H,2,5,7,10,13H2,1,3-4H3/b16-14+/t19-,20-,21-/m1/s1. The molecule has 0 amide bonds. The molecule has 3 nitrogen and oxygen atoms in total. The zero-order chi connectivity index (χ0) is 18.1.